The number of hydrogen-bond donors (Lipinski definition) is 1. The molecule has 1 amide bonds. The largest absolute Gasteiger partial charge is 0.339 e. The Morgan fingerprint density at radius 3 is 2.07 bits per heavy atom. The highest BCUT2D eigenvalue weighted by molar-refractivity contribution is 5.79. The molecule has 3 nitrogen and oxygen atoms in total. The Balaban J connectivity index is 4.40. The van der Waals surface area contributed by atoms with Crippen molar-refractivity contribution in [3.63, 3.8) is 0 Å². The van der Waals surface area contributed by atoms with Crippen LogP contribution in [0.3, 0.4) is 0 Å². The molecule has 0 bridgehead atoms. The highest BCUT2D eigenvalue weighted by atomic mass is 16.2. The van der Waals surface area contributed by atoms with Crippen molar-refractivity contribution in [2.75, 3.05) is 13.1 Å². The van der Waals surface area contributed by atoms with E-state index in [1.54, 1.807) is 0 Å². The molecule has 3 heteroatoms. The van der Waals surface area contributed by atoms with Crippen LogP contribution in [0.25, 0.3) is 0 Å². The molecule has 0 atom stereocenters. The van der Waals surface area contributed by atoms with Crippen LogP contribution in [-0.2, 0) is 4.79 Å². The summed E-state index contributed by atoms with van der Waals surface area (Å²) in [6.07, 6.45) is 1.84. The predicted octanol–water partition coefficient (Wildman–Crippen LogP) is 1.62. The third-order valence-corrected chi connectivity index (χ3v) is 2.61. The standard InChI is InChI=1S/C11H24N2O/c1-5-10(6-2)11(14)13(8-7-12)9(3)4/h9-10H,5-8,12H2,1-4H3. The molecule has 0 saturated heterocycles. The van der Waals surface area contributed by atoms with Crippen molar-refractivity contribution in [1.82, 2.24) is 4.90 Å². The van der Waals surface area contributed by atoms with E-state index in [4.69, 9.17) is 5.73 Å². The Bertz CT molecular complexity index is 165. The molecule has 0 aliphatic heterocycles. The molecule has 2 N–H and O–H groups in total. The minimum absolute atomic E-state index is 0.170. The van der Waals surface area contributed by atoms with Gasteiger partial charge < -0.3 is 10.6 Å². The van der Waals surface area contributed by atoms with Crippen molar-refractivity contribution >= 4 is 5.91 Å². The summed E-state index contributed by atoms with van der Waals surface area (Å²) < 4.78 is 0. The fourth-order valence-corrected chi connectivity index (χ4v) is 1.63. The lowest BCUT2D eigenvalue weighted by Gasteiger charge is -2.29. The van der Waals surface area contributed by atoms with Gasteiger partial charge >= 0.3 is 0 Å². The molecule has 14 heavy (non-hydrogen) atoms. The van der Waals surface area contributed by atoms with Crippen LogP contribution in [0.15, 0.2) is 0 Å². The first kappa shape index (κ1) is 13.4. The van der Waals surface area contributed by atoms with Crippen LogP contribution < -0.4 is 5.73 Å². The van der Waals surface area contributed by atoms with Gasteiger partial charge in [0, 0.05) is 25.0 Å². The van der Waals surface area contributed by atoms with E-state index < -0.39 is 0 Å². The SMILES string of the molecule is CCC(CC)C(=O)N(CCN)C(C)C. The maximum atomic E-state index is 12.0. The van der Waals surface area contributed by atoms with E-state index in [0.29, 0.717) is 13.1 Å². The first-order valence-corrected chi connectivity index (χ1v) is 5.58. The van der Waals surface area contributed by atoms with Crippen molar-refractivity contribution < 1.29 is 4.79 Å². The summed E-state index contributed by atoms with van der Waals surface area (Å²) in [6.45, 7) is 9.42. The fourth-order valence-electron chi connectivity index (χ4n) is 1.63. The molecule has 84 valence electrons. The van der Waals surface area contributed by atoms with Gasteiger partial charge in [-0.1, -0.05) is 13.8 Å². The summed E-state index contributed by atoms with van der Waals surface area (Å²) in [7, 11) is 0. The zero-order valence-corrected chi connectivity index (χ0v) is 9.92. The molecule has 0 heterocycles. The maximum absolute atomic E-state index is 12.0. The van der Waals surface area contributed by atoms with Gasteiger partial charge in [-0.25, -0.2) is 0 Å². The van der Waals surface area contributed by atoms with Gasteiger partial charge in [-0.15, -0.1) is 0 Å². The van der Waals surface area contributed by atoms with Gasteiger partial charge in [0.1, 0.15) is 0 Å². The molecule has 0 spiro atoms. The fraction of sp³-hybridized carbons (Fsp3) is 0.909. The Labute approximate surface area is 87.6 Å². The van der Waals surface area contributed by atoms with Crippen LogP contribution in [0.2, 0.25) is 0 Å². The van der Waals surface area contributed by atoms with Crippen molar-refractivity contribution in [2.45, 2.75) is 46.6 Å². The zero-order valence-electron chi connectivity index (χ0n) is 9.92. The molecule has 0 rings (SSSR count). The Morgan fingerprint density at radius 1 is 1.29 bits per heavy atom. The molecule has 0 aliphatic carbocycles. The van der Waals surface area contributed by atoms with Crippen LogP contribution in [0, 0.1) is 5.92 Å². The molecule has 0 fully saturated rings. The molecule has 0 unspecified atom stereocenters. The highest BCUT2D eigenvalue weighted by Crippen LogP contribution is 2.13. The summed E-state index contributed by atoms with van der Waals surface area (Å²) in [4.78, 5) is 13.9. The highest BCUT2D eigenvalue weighted by Gasteiger charge is 2.22. The monoisotopic (exact) mass is 200 g/mol. The first-order chi connectivity index (χ1) is 6.58. The summed E-state index contributed by atoms with van der Waals surface area (Å²) in [5, 5.41) is 0. The second kappa shape index (κ2) is 6.82. The number of carbonyl (C=O) groups is 1. The van der Waals surface area contributed by atoms with Crippen LogP contribution in [0.1, 0.15) is 40.5 Å². The lowest BCUT2D eigenvalue weighted by atomic mass is 10.0. The van der Waals surface area contributed by atoms with Gasteiger partial charge in [0.15, 0.2) is 0 Å². The quantitative estimate of drug-likeness (QED) is 0.708. The summed E-state index contributed by atoms with van der Waals surface area (Å²) >= 11 is 0. The summed E-state index contributed by atoms with van der Waals surface area (Å²) in [5.41, 5.74) is 5.49. The lowest BCUT2D eigenvalue weighted by Crippen LogP contribution is -2.43. The Kier molecular flexibility index (Phi) is 6.54. The first-order valence-electron chi connectivity index (χ1n) is 5.58. The Morgan fingerprint density at radius 2 is 1.79 bits per heavy atom. The topological polar surface area (TPSA) is 46.3 Å². The summed E-state index contributed by atoms with van der Waals surface area (Å²) in [5.74, 6) is 0.430. The third kappa shape index (κ3) is 3.66. The maximum Gasteiger partial charge on any atom is 0.225 e. The van der Waals surface area contributed by atoms with E-state index in [2.05, 4.69) is 13.8 Å². The van der Waals surface area contributed by atoms with E-state index in [1.807, 2.05) is 18.7 Å². The zero-order chi connectivity index (χ0) is 11.1. The Hall–Kier alpha value is -0.570. The number of nitrogens with zero attached hydrogens (tertiary/aromatic N) is 1. The van der Waals surface area contributed by atoms with Crippen molar-refractivity contribution in [3.05, 3.63) is 0 Å². The van der Waals surface area contributed by atoms with E-state index in [1.165, 1.54) is 0 Å². The van der Waals surface area contributed by atoms with Gasteiger partial charge in [-0.3, -0.25) is 4.79 Å². The van der Waals surface area contributed by atoms with E-state index >= 15 is 0 Å². The number of nitrogens with two attached hydrogens (primary N) is 1. The van der Waals surface area contributed by atoms with Crippen LogP contribution in [0.4, 0.5) is 0 Å². The number of carbonyl (C=O) groups excluding carboxylic acids is 1. The van der Waals surface area contributed by atoms with Crippen LogP contribution in [0.5, 0.6) is 0 Å². The lowest BCUT2D eigenvalue weighted by molar-refractivity contribution is -0.137. The van der Waals surface area contributed by atoms with Gasteiger partial charge in [0.2, 0.25) is 5.91 Å². The smallest absolute Gasteiger partial charge is 0.225 e. The van der Waals surface area contributed by atoms with E-state index in [9.17, 15) is 4.79 Å². The number of rotatable bonds is 6. The van der Waals surface area contributed by atoms with Gasteiger partial charge in [0.25, 0.3) is 0 Å². The van der Waals surface area contributed by atoms with Crippen LogP contribution >= 0.6 is 0 Å². The average Bonchev–Trinajstić information content (AvgIpc) is 2.15. The number of hydrogen-bond acceptors (Lipinski definition) is 2. The minimum Gasteiger partial charge on any atom is -0.339 e. The van der Waals surface area contributed by atoms with Crippen molar-refractivity contribution in [3.8, 4) is 0 Å². The van der Waals surface area contributed by atoms with Crippen molar-refractivity contribution in [1.29, 1.82) is 0 Å². The summed E-state index contributed by atoms with van der Waals surface area (Å²) in [6, 6.07) is 0.256. The molecular formula is C11H24N2O. The minimum atomic E-state index is 0.170. The van der Waals surface area contributed by atoms with Gasteiger partial charge in [0.05, 0.1) is 0 Å². The van der Waals surface area contributed by atoms with Gasteiger partial charge in [-0.05, 0) is 26.7 Å². The molecule has 0 saturated carbocycles. The molecule has 0 aromatic carbocycles. The van der Waals surface area contributed by atoms with E-state index in [0.717, 1.165) is 12.8 Å². The third-order valence-electron chi connectivity index (χ3n) is 2.61. The predicted molar refractivity (Wildman–Crippen MR) is 60.0 cm³/mol. The second-order valence-electron chi connectivity index (χ2n) is 3.93. The molecule has 0 aliphatic rings. The number of amides is 1. The normalized spacial score (nSPS) is 11.1. The van der Waals surface area contributed by atoms with Crippen molar-refractivity contribution in [2.24, 2.45) is 11.7 Å². The van der Waals surface area contributed by atoms with E-state index in [-0.39, 0.29) is 17.9 Å². The van der Waals surface area contributed by atoms with Gasteiger partial charge in [-0.2, -0.15) is 0 Å². The molecular weight excluding hydrogens is 176 g/mol. The second-order valence-corrected chi connectivity index (χ2v) is 3.93. The molecule has 0 aromatic rings. The van der Waals surface area contributed by atoms with Crippen LogP contribution in [-0.4, -0.2) is 29.9 Å². The molecule has 0 aromatic heterocycles. The molecule has 0 radical (unpaired) electrons. The average molecular weight is 200 g/mol.